The highest BCUT2D eigenvalue weighted by molar-refractivity contribution is 7.45. The van der Waals surface area contributed by atoms with Crippen LogP contribution in [0.3, 0.4) is 0 Å². The lowest BCUT2D eigenvalue weighted by molar-refractivity contribution is -0.167. The monoisotopic (exact) mass is 662 g/mol. The average molecular weight is 663 g/mol. The molecule has 0 saturated heterocycles. The fourth-order valence-corrected chi connectivity index (χ4v) is 6.12. The number of ether oxygens (including phenoxy) is 3. The smallest absolute Gasteiger partial charge is 0.306 e. The van der Waals surface area contributed by atoms with Crippen molar-refractivity contribution in [3.8, 4) is 11.5 Å². The van der Waals surface area contributed by atoms with Crippen molar-refractivity contribution in [3.05, 3.63) is 58.1 Å². The molecule has 0 radical (unpaired) electrons. The van der Waals surface area contributed by atoms with E-state index in [0.29, 0.717) is 25.7 Å². The number of nitrogens with one attached hydrogen (secondary N) is 2. The van der Waals surface area contributed by atoms with Crippen LogP contribution in [0.2, 0.25) is 10.0 Å². The molecule has 0 aromatic heterocycles. The molecule has 10 nitrogen and oxygen atoms in total. The second-order valence-electron chi connectivity index (χ2n) is 10.6. The predicted molar refractivity (Wildman–Crippen MR) is 154 cm³/mol. The molecule has 2 aromatic carbocycles. The Morgan fingerprint density at radius 3 is 1.93 bits per heavy atom. The lowest BCUT2D eigenvalue weighted by atomic mass is 9.59. The lowest BCUT2D eigenvalue weighted by Crippen LogP contribution is -2.71. The van der Waals surface area contributed by atoms with Gasteiger partial charge in [0.15, 0.2) is 21.6 Å². The number of hydrogen-bond acceptors (Lipinski definition) is 8. The molecule has 1 unspecified atom stereocenters. The number of fused-ring (bicyclic) bond motifs is 3. The number of benzene rings is 2. The summed E-state index contributed by atoms with van der Waals surface area (Å²) < 4.78 is 44.1. The number of hydrogen-bond donors (Lipinski definition) is 4. The minimum absolute atomic E-state index is 0.0527. The minimum atomic E-state index is -2.14. The molecule has 15 heteroatoms. The molecule has 0 heterocycles. The standard InChI is InChI=1S/C28H31Cl2F2N2O8P/c29-19-5-3-17(12-21(19)31)40-15-24(35)33-27-7-9-28(10-8-27,23(14-27)42-26(37)2-1-11-43(38)39)34-25(36)16-41-18-4-6-20(30)22(32)13-18/h3-6,12-13,23,38-39H,1-2,7-11,14-16H2,(H,33,35)(H,34,36). The van der Waals surface area contributed by atoms with E-state index in [1.165, 1.54) is 24.3 Å². The Morgan fingerprint density at radius 1 is 0.884 bits per heavy atom. The molecular weight excluding hydrogens is 632 g/mol. The quantitative estimate of drug-likeness (QED) is 0.183. The van der Waals surface area contributed by atoms with Gasteiger partial charge in [-0.2, -0.15) is 0 Å². The van der Waals surface area contributed by atoms with Crippen LogP contribution in [0.5, 0.6) is 11.5 Å². The van der Waals surface area contributed by atoms with Gasteiger partial charge >= 0.3 is 5.97 Å². The molecule has 43 heavy (non-hydrogen) atoms. The molecule has 4 N–H and O–H groups in total. The maximum Gasteiger partial charge on any atom is 0.306 e. The maximum atomic E-state index is 13.7. The molecule has 3 aliphatic rings. The fraction of sp³-hybridized carbons (Fsp3) is 0.464. The second kappa shape index (κ2) is 14.3. The van der Waals surface area contributed by atoms with Gasteiger partial charge in [-0.25, -0.2) is 8.78 Å². The number of carbonyl (C=O) groups is 3. The van der Waals surface area contributed by atoms with E-state index in [4.69, 9.17) is 47.2 Å². The van der Waals surface area contributed by atoms with Gasteiger partial charge in [0, 0.05) is 36.7 Å². The summed E-state index contributed by atoms with van der Waals surface area (Å²) in [6, 6.07) is 7.63. The molecule has 5 rings (SSSR count). The van der Waals surface area contributed by atoms with Crippen LogP contribution >= 0.6 is 31.6 Å². The number of amides is 2. The summed E-state index contributed by atoms with van der Waals surface area (Å²) in [5, 5.41) is 5.78. The predicted octanol–water partition coefficient (Wildman–Crippen LogP) is 4.41. The van der Waals surface area contributed by atoms with Crippen molar-refractivity contribution < 1.29 is 47.2 Å². The first-order valence-electron chi connectivity index (χ1n) is 13.5. The Labute approximate surface area is 257 Å². The minimum Gasteiger partial charge on any atom is -0.484 e. The summed E-state index contributed by atoms with van der Waals surface area (Å²) >= 11 is 11.4. The molecular formula is C28H31Cl2F2N2O8P. The topological polar surface area (TPSA) is 143 Å². The zero-order valence-electron chi connectivity index (χ0n) is 22.9. The Bertz CT molecular complexity index is 1340. The van der Waals surface area contributed by atoms with E-state index in [9.17, 15) is 23.2 Å². The van der Waals surface area contributed by atoms with Crippen molar-refractivity contribution in [2.24, 2.45) is 0 Å². The van der Waals surface area contributed by atoms with Gasteiger partial charge in [-0.15, -0.1) is 0 Å². The van der Waals surface area contributed by atoms with Crippen molar-refractivity contribution in [2.45, 2.75) is 62.1 Å². The third-order valence-corrected chi connectivity index (χ3v) is 8.95. The molecule has 3 saturated carbocycles. The second-order valence-corrected chi connectivity index (χ2v) is 12.7. The highest BCUT2D eigenvalue weighted by Gasteiger charge is 2.57. The third kappa shape index (κ3) is 8.89. The van der Waals surface area contributed by atoms with Crippen molar-refractivity contribution in [1.29, 1.82) is 0 Å². The van der Waals surface area contributed by atoms with Gasteiger partial charge in [0.25, 0.3) is 11.8 Å². The van der Waals surface area contributed by atoms with Crippen molar-refractivity contribution in [1.82, 2.24) is 10.6 Å². The van der Waals surface area contributed by atoms with Crippen LogP contribution < -0.4 is 20.1 Å². The lowest BCUT2D eigenvalue weighted by Gasteiger charge is -2.57. The van der Waals surface area contributed by atoms with Gasteiger partial charge in [-0.05, 0) is 56.4 Å². The molecule has 2 bridgehead atoms. The Kier molecular flexibility index (Phi) is 11.1. The van der Waals surface area contributed by atoms with Crippen molar-refractivity contribution in [2.75, 3.05) is 19.4 Å². The Morgan fingerprint density at radius 2 is 1.42 bits per heavy atom. The van der Waals surface area contributed by atoms with Gasteiger partial charge in [0.2, 0.25) is 0 Å². The highest BCUT2D eigenvalue weighted by Crippen LogP contribution is 2.48. The van der Waals surface area contributed by atoms with E-state index in [1.807, 2.05) is 0 Å². The number of halogens is 4. The summed E-state index contributed by atoms with van der Waals surface area (Å²) in [5.74, 6) is -2.67. The van der Waals surface area contributed by atoms with Crippen LogP contribution in [0.1, 0.15) is 44.9 Å². The summed E-state index contributed by atoms with van der Waals surface area (Å²) in [7, 11) is -2.14. The molecule has 0 aliphatic heterocycles. The first kappa shape index (κ1) is 33.1. The van der Waals surface area contributed by atoms with Crippen LogP contribution in [0.4, 0.5) is 8.78 Å². The van der Waals surface area contributed by atoms with E-state index in [0.717, 1.165) is 12.1 Å². The molecule has 0 spiro atoms. The van der Waals surface area contributed by atoms with Crippen molar-refractivity contribution >= 4 is 49.4 Å². The number of carbonyl (C=O) groups excluding carboxylic acids is 3. The molecule has 3 aliphatic carbocycles. The first-order chi connectivity index (χ1) is 20.4. The van der Waals surface area contributed by atoms with E-state index in [-0.39, 0.29) is 53.6 Å². The van der Waals surface area contributed by atoms with Crippen LogP contribution in [-0.2, 0) is 19.1 Å². The van der Waals surface area contributed by atoms with E-state index in [1.54, 1.807) is 0 Å². The SMILES string of the molecule is O=C(COc1ccc(Cl)c(F)c1)NC12CCC(NC(=O)COc3ccc(Cl)c(F)c3)(CC1)C(OC(=O)CCCP(O)O)C2. The summed E-state index contributed by atoms with van der Waals surface area (Å²) in [5.41, 5.74) is -1.68. The van der Waals surface area contributed by atoms with Gasteiger partial charge < -0.3 is 34.6 Å². The maximum absolute atomic E-state index is 13.7. The van der Waals surface area contributed by atoms with Gasteiger partial charge in [0.1, 0.15) is 29.2 Å². The van der Waals surface area contributed by atoms with Crippen LogP contribution in [0, 0.1) is 11.6 Å². The molecule has 234 valence electrons. The number of rotatable bonds is 13. The zero-order valence-corrected chi connectivity index (χ0v) is 25.3. The van der Waals surface area contributed by atoms with Gasteiger partial charge in [-0.1, -0.05) is 23.2 Å². The molecule has 2 amide bonds. The van der Waals surface area contributed by atoms with Crippen LogP contribution in [-0.4, -0.2) is 64.1 Å². The zero-order chi connectivity index (χ0) is 31.2. The fourth-order valence-electron chi connectivity index (χ4n) is 5.45. The summed E-state index contributed by atoms with van der Waals surface area (Å²) in [6.07, 6.45) is 1.26. The Hall–Kier alpha value is -2.76. The number of esters is 1. The third-order valence-electron chi connectivity index (χ3n) is 7.62. The molecule has 3 fully saturated rings. The Balaban J connectivity index is 1.40. The van der Waals surface area contributed by atoms with E-state index in [2.05, 4.69) is 10.6 Å². The normalized spacial score (nSPS) is 22.6. The summed E-state index contributed by atoms with van der Waals surface area (Å²) in [6.45, 7) is -0.812. The molecule has 2 aromatic rings. The van der Waals surface area contributed by atoms with Gasteiger partial charge in [0.05, 0.1) is 15.6 Å². The summed E-state index contributed by atoms with van der Waals surface area (Å²) in [4.78, 5) is 56.8. The first-order valence-corrected chi connectivity index (χ1v) is 15.7. The van der Waals surface area contributed by atoms with Gasteiger partial charge in [-0.3, -0.25) is 14.4 Å². The van der Waals surface area contributed by atoms with Crippen LogP contribution in [0.25, 0.3) is 0 Å². The average Bonchev–Trinajstić information content (AvgIpc) is 2.95. The van der Waals surface area contributed by atoms with Crippen molar-refractivity contribution in [3.63, 3.8) is 0 Å². The van der Waals surface area contributed by atoms with Crippen LogP contribution in [0.15, 0.2) is 36.4 Å². The van der Waals surface area contributed by atoms with E-state index < -0.39 is 61.6 Å². The van der Waals surface area contributed by atoms with E-state index >= 15 is 0 Å². The molecule has 1 atom stereocenters. The largest absolute Gasteiger partial charge is 0.484 e. The highest BCUT2D eigenvalue weighted by atomic mass is 35.5.